The van der Waals surface area contributed by atoms with Crippen molar-refractivity contribution in [1.29, 1.82) is 0 Å². The van der Waals surface area contributed by atoms with Gasteiger partial charge in [-0.3, -0.25) is 0 Å². The van der Waals surface area contributed by atoms with Gasteiger partial charge in [0, 0.05) is 0 Å². The molecule has 2 fully saturated rings. The third-order valence-electron chi connectivity index (χ3n) is 3.78. The maximum atomic E-state index is 9.24. The molecule has 144 valence electrons. The van der Waals surface area contributed by atoms with Crippen LogP contribution >= 0.6 is 0 Å². The van der Waals surface area contributed by atoms with E-state index in [0.29, 0.717) is 0 Å². The van der Waals surface area contributed by atoms with E-state index in [4.69, 9.17) is 46.0 Å². The minimum Gasteiger partial charge on any atom is -0.394 e. The second-order valence-corrected chi connectivity index (χ2v) is 5.54. The van der Waals surface area contributed by atoms with Gasteiger partial charge in [0.15, 0.2) is 6.29 Å². The van der Waals surface area contributed by atoms with Gasteiger partial charge in [0.25, 0.3) is 0 Å². The van der Waals surface area contributed by atoms with Crippen LogP contribution in [0.25, 0.3) is 0 Å². The highest BCUT2D eigenvalue weighted by Crippen LogP contribution is 2.23. The summed E-state index contributed by atoms with van der Waals surface area (Å²) in [7, 11) is 0. The number of aliphatic hydroxyl groups excluding tert-OH is 9. The molecule has 2 unspecified atom stereocenters. The average Bonchev–Trinajstić information content (AvgIpc) is 2.58. The summed E-state index contributed by atoms with van der Waals surface area (Å²) in [5.41, 5.74) is 0. The number of rotatable bonds is 2. The maximum Gasteiger partial charge on any atom is 0.218 e. The van der Waals surface area contributed by atoms with Crippen molar-refractivity contribution in [1.82, 2.24) is 0 Å². The first-order valence-electron chi connectivity index (χ1n) is 7.09. The van der Waals surface area contributed by atoms with Crippen LogP contribution in [-0.4, -0.2) is 126 Å². The third-order valence-corrected chi connectivity index (χ3v) is 3.78. The molecule has 2 rings (SSSR count). The van der Waals surface area contributed by atoms with E-state index in [9.17, 15) is 5.11 Å². The molecule has 0 saturated carbocycles. The Kier molecular flexibility index (Phi) is 7.86. The predicted octanol–water partition coefficient (Wildman–Crippen LogP) is -6.44. The molecule has 0 aromatic rings. The van der Waals surface area contributed by atoms with Crippen molar-refractivity contribution in [3.63, 3.8) is 0 Å². The van der Waals surface area contributed by atoms with Crippen LogP contribution in [0.3, 0.4) is 0 Å². The predicted molar refractivity (Wildman–Crippen MR) is 72.0 cm³/mol. The Labute approximate surface area is 136 Å². The molecule has 2 aliphatic rings. The van der Waals surface area contributed by atoms with Gasteiger partial charge in [-0.1, -0.05) is 0 Å². The Morgan fingerprint density at radius 3 is 1.92 bits per heavy atom. The summed E-state index contributed by atoms with van der Waals surface area (Å²) in [5, 5.41) is 89.6. The minimum absolute atomic E-state index is 0.324. The normalized spacial score (nSPS) is 49.2. The number of aliphatic hydroxyl groups is 10. The molecule has 0 aliphatic carbocycles. The van der Waals surface area contributed by atoms with Crippen LogP contribution in [0.15, 0.2) is 0 Å². The van der Waals surface area contributed by atoms with Crippen molar-refractivity contribution >= 4 is 0 Å². The molecule has 2 heterocycles. The first-order valence-corrected chi connectivity index (χ1v) is 7.09. The zero-order chi connectivity index (χ0) is 18.7. The fraction of sp³-hybridized carbons (Fsp3) is 1.00. The van der Waals surface area contributed by atoms with Gasteiger partial charge >= 0.3 is 0 Å². The van der Waals surface area contributed by atoms with Crippen molar-refractivity contribution in [3.05, 3.63) is 0 Å². The highest BCUT2D eigenvalue weighted by atomic mass is 16.7. The molecule has 0 bridgehead atoms. The van der Waals surface area contributed by atoms with Crippen molar-refractivity contribution in [2.45, 2.75) is 54.8 Å². The fourth-order valence-corrected chi connectivity index (χ4v) is 2.11. The summed E-state index contributed by atoms with van der Waals surface area (Å²) in [6, 6.07) is 0. The Morgan fingerprint density at radius 2 is 1.42 bits per heavy atom. The lowest BCUT2D eigenvalue weighted by molar-refractivity contribution is -0.331. The third kappa shape index (κ3) is 4.57. The van der Waals surface area contributed by atoms with Crippen LogP contribution in [0.5, 0.6) is 0 Å². The van der Waals surface area contributed by atoms with Gasteiger partial charge in [0.05, 0.1) is 19.8 Å². The topological polar surface area (TPSA) is 221 Å². The molecular formula is C12H24O12. The number of hydrogen-bond acceptors (Lipinski definition) is 12. The van der Waals surface area contributed by atoms with Gasteiger partial charge < -0.3 is 60.5 Å². The fourth-order valence-electron chi connectivity index (χ4n) is 2.11. The summed E-state index contributed by atoms with van der Waals surface area (Å²) < 4.78 is 9.13. The van der Waals surface area contributed by atoms with Crippen LogP contribution < -0.4 is 0 Å². The van der Waals surface area contributed by atoms with E-state index in [2.05, 4.69) is 9.47 Å². The summed E-state index contributed by atoms with van der Waals surface area (Å²) in [6.45, 7) is -1.69. The van der Waals surface area contributed by atoms with E-state index in [1.54, 1.807) is 0 Å². The van der Waals surface area contributed by atoms with E-state index >= 15 is 0 Å². The highest BCUT2D eigenvalue weighted by Gasteiger charge is 2.48. The summed E-state index contributed by atoms with van der Waals surface area (Å²) >= 11 is 0. The lowest BCUT2D eigenvalue weighted by atomic mass is 9.98. The Bertz CT molecular complexity index is 378. The second kappa shape index (κ2) is 8.75. The summed E-state index contributed by atoms with van der Waals surface area (Å²) in [6.07, 6.45) is -11.5. The molecule has 12 heteroatoms. The lowest BCUT2D eigenvalue weighted by Gasteiger charge is -2.40. The highest BCUT2D eigenvalue weighted by molar-refractivity contribution is 4.91. The molecule has 10 N–H and O–H groups in total. The second-order valence-electron chi connectivity index (χ2n) is 5.54. The van der Waals surface area contributed by atoms with E-state index in [1.165, 1.54) is 0 Å². The van der Waals surface area contributed by atoms with Crippen molar-refractivity contribution in [3.8, 4) is 0 Å². The van der Waals surface area contributed by atoms with E-state index in [0.717, 1.165) is 0 Å². The first-order chi connectivity index (χ1) is 11.1. The minimum atomic E-state index is -2.17. The zero-order valence-electron chi connectivity index (χ0n) is 12.5. The van der Waals surface area contributed by atoms with Gasteiger partial charge in [-0.2, -0.15) is 0 Å². The lowest BCUT2D eigenvalue weighted by Crippen LogP contribution is -2.62. The van der Waals surface area contributed by atoms with Crippen LogP contribution in [0, 0.1) is 0 Å². The molecule has 0 aromatic carbocycles. The monoisotopic (exact) mass is 360 g/mol. The molecule has 2 saturated heterocycles. The van der Waals surface area contributed by atoms with E-state index in [-0.39, 0.29) is 6.61 Å². The summed E-state index contributed by atoms with van der Waals surface area (Å²) in [5.74, 6) is -2.17. The van der Waals surface area contributed by atoms with Gasteiger partial charge in [-0.05, 0) is 0 Å². The average molecular weight is 360 g/mol. The largest absolute Gasteiger partial charge is 0.394 e. The van der Waals surface area contributed by atoms with Gasteiger partial charge in [-0.25, -0.2) is 0 Å². The van der Waals surface area contributed by atoms with Crippen LogP contribution in [-0.2, 0) is 9.47 Å². The number of hydrogen-bond donors (Lipinski definition) is 10. The maximum absolute atomic E-state index is 9.24. The molecule has 0 amide bonds. The molecule has 12 nitrogen and oxygen atoms in total. The SMILES string of the molecule is OCC1(O)OC[C@@H](O)[C@@H](O)[C@@H]1O.OC[C@H]1OC(O)[C@H](O)[C@@H](O)[C@@H]1O. The van der Waals surface area contributed by atoms with Crippen LogP contribution in [0.4, 0.5) is 0 Å². The molecule has 0 aromatic heterocycles. The van der Waals surface area contributed by atoms with Gasteiger partial charge in [0.1, 0.15) is 42.7 Å². The Balaban J connectivity index is 0.000000240. The molecular weight excluding hydrogens is 336 g/mol. The first kappa shape index (κ1) is 21.6. The molecule has 0 spiro atoms. The zero-order valence-corrected chi connectivity index (χ0v) is 12.5. The Morgan fingerprint density at radius 1 is 0.833 bits per heavy atom. The molecule has 0 radical (unpaired) electrons. The summed E-state index contributed by atoms with van der Waals surface area (Å²) in [4.78, 5) is 0. The molecule has 24 heavy (non-hydrogen) atoms. The Hall–Kier alpha value is -0.480. The van der Waals surface area contributed by atoms with Crippen molar-refractivity contribution in [2.24, 2.45) is 0 Å². The van der Waals surface area contributed by atoms with E-state index < -0.39 is 68.0 Å². The smallest absolute Gasteiger partial charge is 0.218 e. The quantitative estimate of drug-likeness (QED) is 0.222. The molecule has 2 aliphatic heterocycles. The van der Waals surface area contributed by atoms with E-state index in [1.807, 2.05) is 0 Å². The standard InChI is InChI=1S/2C6H12O6/c7-2-6(11)5(10)4(9)3(8)1-12-6;7-1-2-3(8)4(9)5(10)6(11)12-2/h3-5,7-11H,1-2H2;2-11H,1H2/t3-,4-,5+,6?;2-,3-,4+,5-,6?/m11/s1. The number of ether oxygens (including phenoxy) is 2. The van der Waals surface area contributed by atoms with Crippen molar-refractivity contribution < 1.29 is 60.5 Å². The van der Waals surface area contributed by atoms with Crippen molar-refractivity contribution in [2.75, 3.05) is 19.8 Å². The van der Waals surface area contributed by atoms with Gasteiger partial charge in [-0.15, -0.1) is 0 Å². The molecule has 9 atom stereocenters. The van der Waals surface area contributed by atoms with Gasteiger partial charge in [0.2, 0.25) is 5.79 Å². The van der Waals surface area contributed by atoms with Crippen LogP contribution in [0.2, 0.25) is 0 Å². The van der Waals surface area contributed by atoms with Crippen LogP contribution in [0.1, 0.15) is 0 Å².